The third kappa shape index (κ3) is 5.05. The third-order valence-electron chi connectivity index (χ3n) is 7.19. The first-order valence-electron chi connectivity index (χ1n) is 13.0. The quantitative estimate of drug-likeness (QED) is 0.342. The van der Waals surface area contributed by atoms with Crippen LogP contribution in [0.3, 0.4) is 0 Å². The second-order valence-electron chi connectivity index (χ2n) is 9.63. The topological polar surface area (TPSA) is 78.3 Å². The lowest BCUT2D eigenvalue weighted by molar-refractivity contribution is 0.0619. The number of ether oxygens (including phenoxy) is 4. The molecule has 9 nitrogen and oxygen atoms in total. The molecular formula is C30H29FN4O5. The van der Waals surface area contributed by atoms with Gasteiger partial charge in [0.1, 0.15) is 23.0 Å². The zero-order valence-corrected chi connectivity index (χ0v) is 22.3. The molecule has 40 heavy (non-hydrogen) atoms. The lowest BCUT2D eigenvalue weighted by atomic mass is 10.1. The van der Waals surface area contributed by atoms with Gasteiger partial charge in [0.25, 0.3) is 5.91 Å². The van der Waals surface area contributed by atoms with E-state index in [1.807, 2.05) is 35.2 Å². The van der Waals surface area contributed by atoms with Crippen LogP contribution in [0.5, 0.6) is 23.0 Å². The maximum absolute atomic E-state index is 13.8. The Balaban J connectivity index is 1.24. The van der Waals surface area contributed by atoms with Gasteiger partial charge in [-0.05, 0) is 60.2 Å². The summed E-state index contributed by atoms with van der Waals surface area (Å²) < 4.78 is 37.1. The van der Waals surface area contributed by atoms with Crippen molar-refractivity contribution in [1.82, 2.24) is 19.6 Å². The number of methoxy groups -OCH3 is 2. The molecule has 2 aliphatic heterocycles. The van der Waals surface area contributed by atoms with Gasteiger partial charge in [-0.2, -0.15) is 5.10 Å². The maximum Gasteiger partial charge on any atom is 0.272 e. The van der Waals surface area contributed by atoms with E-state index in [1.165, 1.54) is 12.1 Å². The molecule has 4 aromatic rings. The predicted octanol–water partition coefficient (Wildman–Crippen LogP) is 4.38. The van der Waals surface area contributed by atoms with E-state index in [2.05, 4.69) is 4.90 Å². The van der Waals surface area contributed by atoms with Gasteiger partial charge in [0.2, 0.25) is 6.79 Å². The Labute approximate surface area is 231 Å². The summed E-state index contributed by atoms with van der Waals surface area (Å²) in [6, 6.07) is 19.1. The molecule has 1 saturated heterocycles. The molecule has 10 heteroatoms. The van der Waals surface area contributed by atoms with Crippen LogP contribution in [0, 0.1) is 5.82 Å². The van der Waals surface area contributed by atoms with Crippen LogP contribution in [0.25, 0.3) is 16.9 Å². The second-order valence-corrected chi connectivity index (χ2v) is 9.63. The van der Waals surface area contributed by atoms with Crippen LogP contribution < -0.4 is 18.9 Å². The van der Waals surface area contributed by atoms with Crippen LogP contribution in [-0.4, -0.2) is 72.7 Å². The highest BCUT2D eigenvalue weighted by Gasteiger charge is 2.27. The molecular weight excluding hydrogens is 515 g/mol. The first-order chi connectivity index (χ1) is 19.5. The summed E-state index contributed by atoms with van der Waals surface area (Å²) in [7, 11) is 3.16. The summed E-state index contributed by atoms with van der Waals surface area (Å²) in [4.78, 5) is 18.0. The highest BCUT2D eigenvalue weighted by molar-refractivity contribution is 5.94. The summed E-state index contributed by atoms with van der Waals surface area (Å²) in [5, 5.41) is 4.75. The number of amides is 1. The average molecular weight is 545 g/mol. The fourth-order valence-corrected chi connectivity index (χ4v) is 5.02. The average Bonchev–Trinajstić information content (AvgIpc) is 3.65. The van der Waals surface area contributed by atoms with Gasteiger partial charge in [0.05, 0.1) is 25.6 Å². The first kappa shape index (κ1) is 25.7. The predicted molar refractivity (Wildman–Crippen MR) is 146 cm³/mol. The zero-order chi connectivity index (χ0) is 27.6. The van der Waals surface area contributed by atoms with Crippen molar-refractivity contribution in [2.45, 2.75) is 6.54 Å². The Bertz CT molecular complexity index is 1530. The van der Waals surface area contributed by atoms with E-state index < -0.39 is 0 Å². The summed E-state index contributed by atoms with van der Waals surface area (Å²) >= 11 is 0. The molecule has 0 radical (unpaired) electrons. The minimum absolute atomic E-state index is 0.140. The number of nitrogens with zero attached hydrogens (tertiary/aromatic N) is 4. The molecule has 0 saturated carbocycles. The van der Waals surface area contributed by atoms with Crippen LogP contribution in [0.1, 0.15) is 16.1 Å². The van der Waals surface area contributed by atoms with Gasteiger partial charge in [-0.15, -0.1) is 0 Å². The molecule has 0 atom stereocenters. The van der Waals surface area contributed by atoms with Crippen molar-refractivity contribution >= 4 is 5.91 Å². The standard InChI is InChI=1S/C30H29FN4O5/c1-37-23-8-9-24(28(16-23)38-2)25-17-26(35(32-25)22-6-4-21(31)5-7-22)30(36)34-13-11-33(12-14-34)18-20-3-10-27-29(15-20)40-19-39-27/h3-10,15-17H,11-14,18-19H2,1-2H3. The molecule has 0 unspecified atom stereocenters. The van der Waals surface area contributed by atoms with Crippen molar-refractivity contribution < 1.29 is 28.1 Å². The van der Waals surface area contributed by atoms with E-state index >= 15 is 0 Å². The Kier molecular flexibility index (Phi) is 7.00. The number of benzene rings is 3. The normalized spacial score (nSPS) is 14.8. The third-order valence-corrected chi connectivity index (χ3v) is 7.19. The molecule has 1 fully saturated rings. The maximum atomic E-state index is 13.8. The van der Waals surface area contributed by atoms with Crippen molar-refractivity contribution in [2.24, 2.45) is 0 Å². The number of halogens is 1. The van der Waals surface area contributed by atoms with Crippen LogP contribution in [0.4, 0.5) is 4.39 Å². The lowest BCUT2D eigenvalue weighted by Gasteiger charge is -2.34. The molecule has 6 rings (SSSR count). The van der Waals surface area contributed by atoms with E-state index in [0.29, 0.717) is 47.2 Å². The van der Waals surface area contributed by atoms with E-state index in [0.717, 1.165) is 36.7 Å². The number of carbonyl (C=O) groups excluding carboxylic acids is 1. The molecule has 3 aromatic carbocycles. The fraction of sp³-hybridized carbons (Fsp3) is 0.267. The van der Waals surface area contributed by atoms with Gasteiger partial charge >= 0.3 is 0 Å². The molecule has 0 spiro atoms. The summed E-state index contributed by atoms with van der Waals surface area (Å²) in [5.41, 5.74) is 3.39. The number of carbonyl (C=O) groups is 1. The van der Waals surface area contributed by atoms with Gasteiger partial charge in [0, 0.05) is 44.4 Å². The Morgan fingerprint density at radius 2 is 1.68 bits per heavy atom. The second kappa shape index (κ2) is 10.9. The number of rotatable bonds is 7. The molecule has 3 heterocycles. The highest BCUT2D eigenvalue weighted by Crippen LogP contribution is 2.35. The number of piperazine rings is 1. The molecule has 206 valence electrons. The van der Waals surface area contributed by atoms with Crippen molar-refractivity contribution in [3.8, 4) is 39.9 Å². The van der Waals surface area contributed by atoms with Crippen molar-refractivity contribution in [2.75, 3.05) is 47.2 Å². The molecule has 0 N–H and O–H groups in total. The van der Waals surface area contributed by atoms with Crippen molar-refractivity contribution in [3.05, 3.63) is 83.8 Å². The minimum Gasteiger partial charge on any atom is -0.497 e. The summed E-state index contributed by atoms with van der Waals surface area (Å²) in [6.07, 6.45) is 0. The molecule has 1 aromatic heterocycles. The van der Waals surface area contributed by atoms with E-state index in [1.54, 1.807) is 43.2 Å². The molecule has 0 bridgehead atoms. The Morgan fingerprint density at radius 3 is 2.42 bits per heavy atom. The van der Waals surface area contributed by atoms with E-state index in [9.17, 15) is 9.18 Å². The van der Waals surface area contributed by atoms with E-state index in [-0.39, 0.29) is 18.5 Å². The van der Waals surface area contributed by atoms with Crippen LogP contribution in [0.15, 0.2) is 66.7 Å². The Hall–Kier alpha value is -4.57. The number of fused-ring (bicyclic) bond motifs is 1. The Morgan fingerprint density at radius 1 is 0.900 bits per heavy atom. The molecule has 0 aliphatic carbocycles. The monoisotopic (exact) mass is 544 g/mol. The van der Waals surface area contributed by atoms with Gasteiger partial charge < -0.3 is 23.8 Å². The number of hydrogen-bond acceptors (Lipinski definition) is 7. The van der Waals surface area contributed by atoms with Crippen molar-refractivity contribution in [3.63, 3.8) is 0 Å². The summed E-state index contributed by atoms with van der Waals surface area (Å²) in [6.45, 7) is 3.60. The minimum atomic E-state index is -0.362. The number of hydrogen-bond donors (Lipinski definition) is 0. The van der Waals surface area contributed by atoms with Gasteiger partial charge in [-0.1, -0.05) is 6.07 Å². The smallest absolute Gasteiger partial charge is 0.272 e. The van der Waals surface area contributed by atoms with E-state index in [4.69, 9.17) is 24.0 Å². The zero-order valence-electron chi connectivity index (χ0n) is 22.3. The summed E-state index contributed by atoms with van der Waals surface area (Å²) in [5.74, 6) is 2.25. The highest BCUT2D eigenvalue weighted by atomic mass is 19.1. The van der Waals surface area contributed by atoms with Crippen LogP contribution in [-0.2, 0) is 6.54 Å². The van der Waals surface area contributed by atoms with Gasteiger partial charge in [0.15, 0.2) is 11.5 Å². The van der Waals surface area contributed by atoms with Crippen molar-refractivity contribution in [1.29, 1.82) is 0 Å². The number of aromatic nitrogens is 2. The first-order valence-corrected chi connectivity index (χ1v) is 13.0. The lowest BCUT2D eigenvalue weighted by Crippen LogP contribution is -2.48. The SMILES string of the molecule is COc1ccc(-c2cc(C(=O)N3CCN(Cc4ccc5c(c4)OCO5)CC3)n(-c3ccc(F)cc3)n2)c(OC)c1. The molecule has 2 aliphatic rings. The van der Waals surface area contributed by atoms with Gasteiger partial charge in [-0.25, -0.2) is 9.07 Å². The van der Waals surface area contributed by atoms with Gasteiger partial charge in [-0.3, -0.25) is 9.69 Å². The largest absolute Gasteiger partial charge is 0.497 e. The molecule has 1 amide bonds. The fourth-order valence-electron chi connectivity index (χ4n) is 5.02. The van der Waals surface area contributed by atoms with Crippen LogP contribution >= 0.6 is 0 Å². The van der Waals surface area contributed by atoms with Crippen LogP contribution in [0.2, 0.25) is 0 Å².